The molecule has 2 heterocycles. The molecule has 0 atom stereocenters. The van der Waals surface area contributed by atoms with E-state index in [4.69, 9.17) is 5.11 Å². The van der Waals surface area contributed by atoms with E-state index in [9.17, 15) is 4.79 Å². The van der Waals surface area contributed by atoms with Crippen molar-refractivity contribution in [3.63, 3.8) is 0 Å². The number of piperazine rings is 1. The number of carbonyl (C=O) groups is 1. The van der Waals surface area contributed by atoms with Crippen LogP contribution >= 0.6 is 11.3 Å². The molecular weight excluding hydrogens is 274 g/mol. The van der Waals surface area contributed by atoms with Gasteiger partial charge in [-0.05, 0) is 26.2 Å². The maximum Gasteiger partial charge on any atom is 0.345 e. The average Bonchev–Trinajstić information content (AvgIpc) is 2.86. The highest BCUT2D eigenvalue weighted by Gasteiger charge is 2.17. The molecule has 0 spiro atoms. The number of aromatic carboxylic acids is 1. The Morgan fingerprint density at radius 1 is 1.25 bits per heavy atom. The molecule has 1 aliphatic heterocycles. The van der Waals surface area contributed by atoms with Gasteiger partial charge in [0.2, 0.25) is 0 Å². The molecule has 6 heteroatoms. The van der Waals surface area contributed by atoms with Gasteiger partial charge < -0.3 is 10.0 Å². The summed E-state index contributed by atoms with van der Waals surface area (Å²) in [7, 11) is 4.21. The molecule has 2 rings (SSSR count). The zero-order valence-electron chi connectivity index (χ0n) is 12.2. The molecule has 1 aliphatic rings. The molecule has 1 saturated heterocycles. The lowest BCUT2D eigenvalue weighted by molar-refractivity contribution is 0.0702. The highest BCUT2D eigenvalue weighted by atomic mass is 32.1. The number of carboxylic acids is 1. The molecular formula is C14H23N3O2S. The Hall–Kier alpha value is -0.950. The monoisotopic (exact) mass is 297 g/mol. The number of hydrogen-bond donors (Lipinski definition) is 1. The Labute approximate surface area is 124 Å². The normalized spacial score (nSPS) is 17.8. The van der Waals surface area contributed by atoms with E-state index in [1.807, 2.05) is 6.07 Å². The summed E-state index contributed by atoms with van der Waals surface area (Å²) in [6.07, 6.45) is 0. The molecule has 1 fully saturated rings. The fraction of sp³-hybridized carbons (Fsp3) is 0.643. The highest BCUT2D eigenvalue weighted by Crippen LogP contribution is 2.19. The first-order valence-electron chi connectivity index (χ1n) is 6.96. The van der Waals surface area contributed by atoms with Crippen molar-refractivity contribution in [2.45, 2.75) is 6.54 Å². The first-order chi connectivity index (χ1) is 9.54. The molecule has 0 aromatic carbocycles. The lowest BCUT2D eigenvalue weighted by atomic mass is 10.3. The van der Waals surface area contributed by atoms with Crippen molar-refractivity contribution in [3.8, 4) is 0 Å². The molecule has 20 heavy (non-hydrogen) atoms. The van der Waals surface area contributed by atoms with Crippen molar-refractivity contribution in [1.29, 1.82) is 0 Å². The van der Waals surface area contributed by atoms with E-state index < -0.39 is 5.97 Å². The van der Waals surface area contributed by atoms with Gasteiger partial charge in [-0.2, -0.15) is 0 Å². The van der Waals surface area contributed by atoms with E-state index in [2.05, 4.69) is 28.8 Å². The molecule has 1 aromatic heterocycles. The summed E-state index contributed by atoms with van der Waals surface area (Å²) < 4.78 is 0. The van der Waals surface area contributed by atoms with E-state index in [0.29, 0.717) is 4.88 Å². The molecule has 0 bridgehead atoms. The lowest BCUT2D eigenvalue weighted by Gasteiger charge is -2.34. The van der Waals surface area contributed by atoms with Gasteiger partial charge in [0, 0.05) is 50.7 Å². The van der Waals surface area contributed by atoms with Crippen molar-refractivity contribution in [2.24, 2.45) is 0 Å². The highest BCUT2D eigenvalue weighted by molar-refractivity contribution is 7.13. The van der Waals surface area contributed by atoms with E-state index >= 15 is 0 Å². The van der Waals surface area contributed by atoms with Gasteiger partial charge >= 0.3 is 5.97 Å². The van der Waals surface area contributed by atoms with Gasteiger partial charge in [0.15, 0.2) is 0 Å². The maximum absolute atomic E-state index is 10.9. The minimum Gasteiger partial charge on any atom is -0.477 e. The summed E-state index contributed by atoms with van der Waals surface area (Å²) >= 11 is 1.39. The standard InChI is InChI=1S/C14H23N3O2S/c1-15(2)5-6-16-7-9-17(10-8-16)11-12-3-4-13(20-12)14(18)19/h3-4H,5-11H2,1-2H3,(H,18,19). The number of hydrogen-bond acceptors (Lipinski definition) is 5. The van der Waals surface area contributed by atoms with Crippen LogP contribution in [0.15, 0.2) is 12.1 Å². The Kier molecular flexibility index (Phi) is 5.54. The van der Waals surface area contributed by atoms with E-state index in [1.54, 1.807) is 6.07 Å². The predicted octanol–water partition coefficient (Wildman–Crippen LogP) is 1.13. The van der Waals surface area contributed by atoms with Gasteiger partial charge in [0.25, 0.3) is 0 Å². The fourth-order valence-corrected chi connectivity index (χ4v) is 3.20. The van der Waals surface area contributed by atoms with Crippen LogP contribution in [0.3, 0.4) is 0 Å². The quantitative estimate of drug-likeness (QED) is 0.853. The summed E-state index contributed by atoms with van der Waals surface area (Å²) in [6.45, 7) is 7.44. The van der Waals surface area contributed by atoms with Crippen molar-refractivity contribution in [2.75, 3.05) is 53.4 Å². The van der Waals surface area contributed by atoms with Crippen LogP contribution < -0.4 is 0 Å². The van der Waals surface area contributed by atoms with Crippen LogP contribution in [-0.4, -0.2) is 79.1 Å². The van der Waals surface area contributed by atoms with Crippen molar-refractivity contribution in [1.82, 2.24) is 14.7 Å². The zero-order valence-corrected chi connectivity index (χ0v) is 13.0. The Morgan fingerprint density at radius 3 is 2.45 bits per heavy atom. The van der Waals surface area contributed by atoms with Gasteiger partial charge in [-0.25, -0.2) is 4.79 Å². The molecule has 0 aliphatic carbocycles. The van der Waals surface area contributed by atoms with Crippen molar-refractivity contribution in [3.05, 3.63) is 21.9 Å². The molecule has 0 saturated carbocycles. The van der Waals surface area contributed by atoms with Gasteiger partial charge in [-0.15, -0.1) is 11.3 Å². The van der Waals surface area contributed by atoms with Gasteiger partial charge in [-0.3, -0.25) is 9.80 Å². The maximum atomic E-state index is 10.9. The molecule has 5 nitrogen and oxygen atoms in total. The fourth-order valence-electron chi connectivity index (χ4n) is 2.31. The first-order valence-corrected chi connectivity index (χ1v) is 7.77. The smallest absolute Gasteiger partial charge is 0.345 e. The average molecular weight is 297 g/mol. The number of carboxylic acid groups (broad SMARTS) is 1. The van der Waals surface area contributed by atoms with E-state index in [1.165, 1.54) is 11.3 Å². The summed E-state index contributed by atoms with van der Waals surface area (Å²) in [5.74, 6) is -0.824. The number of rotatable bonds is 6. The first kappa shape index (κ1) is 15.4. The topological polar surface area (TPSA) is 47.0 Å². The third-order valence-corrected chi connectivity index (χ3v) is 4.64. The van der Waals surface area contributed by atoms with Crippen LogP contribution in [0.1, 0.15) is 14.5 Å². The molecule has 112 valence electrons. The van der Waals surface area contributed by atoms with Crippen LogP contribution in [0.5, 0.6) is 0 Å². The van der Waals surface area contributed by atoms with Crippen LogP contribution in [-0.2, 0) is 6.54 Å². The number of thiophene rings is 1. The van der Waals surface area contributed by atoms with Gasteiger partial charge in [0.1, 0.15) is 4.88 Å². The summed E-state index contributed by atoms with van der Waals surface area (Å²) in [5, 5.41) is 8.93. The van der Waals surface area contributed by atoms with Crippen LogP contribution in [0.4, 0.5) is 0 Å². The third-order valence-electron chi connectivity index (χ3n) is 3.58. The molecule has 0 radical (unpaired) electrons. The summed E-state index contributed by atoms with van der Waals surface area (Å²) in [4.78, 5) is 19.6. The van der Waals surface area contributed by atoms with Crippen molar-refractivity contribution < 1.29 is 9.90 Å². The number of likely N-dealkylation sites (N-methyl/N-ethyl adjacent to an activating group) is 1. The van der Waals surface area contributed by atoms with Crippen molar-refractivity contribution >= 4 is 17.3 Å². The molecule has 1 N–H and O–H groups in total. The number of nitrogens with zero attached hydrogens (tertiary/aromatic N) is 3. The Morgan fingerprint density at radius 2 is 1.90 bits per heavy atom. The second-order valence-electron chi connectivity index (χ2n) is 5.49. The Bertz CT molecular complexity index is 439. The SMILES string of the molecule is CN(C)CCN1CCN(Cc2ccc(C(=O)O)s2)CC1. The largest absolute Gasteiger partial charge is 0.477 e. The summed E-state index contributed by atoms with van der Waals surface area (Å²) in [6, 6.07) is 3.64. The summed E-state index contributed by atoms with van der Waals surface area (Å²) in [5.41, 5.74) is 0. The molecule has 1 aromatic rings. The van der Waals surface area contributed by atoms with E-state index in [0.717, 1.165) is 50.7 Å². The second kappa shape index (κ2) is 7.17. The van der Waals surface area contributed by atoms with Crippen LogP contribution in [0.2, 0.25) is 0 Å². The van der Waals surface area contributed by atoms with Gasteiger partial charge in [0.05, 0.1) is 0 Å². The molecule has 0 unspecified atom stereocenters. The van der Waals surface area contributed by atoms with E-state index in [-0.39, 0.29) is 0 Å². The third kappa shape index (κ3) is 4.56. The zero-order chi connectivity index (χ0) is 14.5. The minimum atomic E-state index is -0.824. The predicted molar refractivity (Wildman–Crippen MR) is 81.5 cm³/mol. The van der Waals surface area contributed by atoms with Gasteiger partial charge in [-0.1, -0.05) is 0 Å². The second-order valence-corrected chi connectivity index (χ2v) is 6.66. The lowest BCUT2D eigenvalue weighted by Crippen LogP contribution is -2.47. The van der Waals surface area contributed by atoms with Crippen LogP contribution in [0.25, 0.3) is 0 Å². The molecule has 0 amide bonds. The Balaban J connectivity index is 1.75. The minimum absolute atomic E-state index is 0.435. The van der Waals surface area contributed by atoms with Crippen LogP contribution in [0, 0.1) is 0 Å².